The minimum Gasteiger partial charge on any atom is -0.490 e. The lowest BCUT2D eigenvalue weighted by atomic mass is 10.1. The van der Waals surface area contributed by atoms with E-state index in [1.807, 2.05) is 23.3 Å². The third kappa shape index (κ3) is 4.36. The second-order valence-corrected chi connectivity index (χ2v) is 8.01. The first-order valence-electron chi connectivity index (χ1n) is 8.84. The van der Waals surface area contributed by atoms with E-state index in [1.165, 1.54) is 5.56 Å². The molecule has 0 atom stereocenters. The summed E-state index contributed by atoms with van der Waals surface area (Å²) >= 11 is 7.86. The third-order valence-corrected chi connectivity index (χ3v) is 5.83. The van der Waals surface area contributed by atoms with Crippen LogP contribution in [0.1, 0.15) is 34.3 Å². The lowest BCUT2D eigenvalue weighted by molar-refractivity contribution is 0.0594. The minimum atomic E-state index is 0.0103. The van der Waals surface area contributed by atoms with Crippen LogP contribution in [-0.4, -0.2) is 36.3 Å². The van der Waals surface area contributed by atoms with Crippen molar-refractivity contribution in [2.75, 3.05) is 19.3 Å². The van der Waals surface area contributed by atoms with Crippen LogP contribution < -0.4 is 4.74 Å². The van der Waals surface area contributed by atoms with Crippen LogP contribution in [0.5, 0.6) is 5.75 Å². The van der Waals surface area contributed by atoms with Gasteiger partial charge in [0.2, 0.25) is 0 Å². The number of nitrogens with zero attached hydrogens (tertiary/aromatic N) is 1. The predicted octanol–water partition coefficient (Wildman–Crippen LogP) is 5.36. The Morgan fingerprint density at radius 2 is 1.88 bits per heavy atom. The summed E-state index contributed by atoms with van der Waals surface area (Å²) in [5.74, 6) is 0.960. The zero-order valence-corrected chi connectivity index (χ0v) is 17.0. The highest BCUT2D eigenvalue weighted by Crippen LogP contribution is 2.27. The fourth-order valence-electron chi connectivity index (χ4n) is 3.16. The maximum Gasteiger partial charge on any atom is 0.255 e. The zero-order chi connectivity index (χ0) is 18.7. The van der Waals surface area contributed by atoms with E-state index in [9.17, 15) is 4.79 Å². The molecule has 26 heavy (non-hydrogen) atoms. The van der Waals surface area contributed by atoms with Crippen LogP contribution in [0, 0.1) is 13.8 Å². The summed E-state index contributed by atoms with van der Waals surface area (Å²) in [6, 6.07) is 11.9. The van der Waals surface area contributed by atoms with Crippen molar-refractivity contribution in [2.45, 2.75) is 37.7 Å². The summed E-state index contributed by atoms with van der Waals surface area (Å²) in [6.07, 6.45) is 3.80. The van der Waals surface area contributed by atoms with Gasteiger partial charge < -0.3 is 9.64 Å². The maximum atomic E-state index is 12.8. The number of likely N-dealkylation sites (tertiary alicyclic amines) is 1. The van der Waals surface area contributed by atoms with Gasteiger partial charge >= 0.3 is 0 Å². The van der Waals surface area contributed by atoms with Crippen LogP contribution in [0.3, 0.4) is 0 Å². The van der Waals surface area contributed by atoms with Crippen molar-refractivity contribution < 1.29 is 9.53 Å². The normalized spacial score (nSPS) is 15.2. The quantitative estimate of drug-likeness (QED) is 0.659. The number of rotatable bonds is 4. The standard InChI is InChI=1S/C21H24ClNO2S/c1-14-4-5-15(2)20(12-14)25-16-8-10-23(11-9-16)21(24)18-13-17(26-3)6-7-19(18)22/h4-7,12-13,16H,8-11H2,1-3H3. The van der Waals surface area contributed by atoms with E-state index in [-0.39, 0.29) is 12.0 Å². The van der Waals surface area contributed by atoms with Crippen molar-refractivity contribution in [3.8, 4) is 5.75 Å². The number of ether oxygens (including phenoxy) is 1. The van der Waals surface area contributed by atoms with Crippen molar-refractivity contribution in [1.29, 1.82) is 0 Å². The molecular formula is C21H24ClNO2S. The Bertz CT molecular complexity index is 801. The number of piperidine rings is 1. The molecule has 0 bridgehead atoms. The molecule has 0 aliphatic carbocycles. The number of hydrogen-bond donors (Lipinski definition) is 0. The average molecular weight is 390 g/mol. The van der Waals surface area contributed by atoms with E-state index >= 15 is 0 Å². The molecule has 1 aliphatic heterocycles. The lowest BCUT2D eigenvalue weighted by Gasteiger charge is -2.32. The number of thioether (sulfide) groups is 1. The first kappa shape index (κ1) is 19.1. The summed E-state index contributed by atoms with van der Waals surface area (Å²) in [4.78, 5) is 15.8. The molecule has 3 rings (SSSR count). The van der Waals surface area contributed by atoms with E-state index in [0.717, 1.165) is 29.1 Å². The number of amides is 1. The molecule has 1 amide bonds. The molecule has 0 unspecified atom stereocenters. The lowest BCUT2D eigenvalue weighted by Crippen LogP contribution is -2.42. The fourth-order valence-corrected chi connectivity index (χ4v) is 3.79. The number of halogens is 1. The Balaban J connectivity index is 1.63. The molecule has 2 aromatic carbocycles. The van der Waals surface area contributed by atoms with Gasteiger partial charge in [0.1, 0.15) is 11.9 Å². The summed E-state index contributed by atoms with van der Waals surface area (Å²) in [6.45, 7) is 5.51. The van der Waals surface area contributed by atoms with Gasteiger partial charge in [0.15, 0.2) is 0 Å². The SMILES string of the molecule is CSc1ccc(Cl)c(C(=O)N2CCC(Oc3cc(C)ccc3C)CC2)c1. The van der Waals surface area contributed by atoms with Crippen molar-refractivity contribution in [3.05, 3.63) is 58.1 Å². The molecule has 0 spiro atoms. The zero-order valence-electron chi connectivity index (χ0n) is 15.4. The van der Waals surface area contributed by atoms with Crippen LogP contribution in [0.2, 0.25) is 5.02 Å². The van der Waals surface area contributed by atoms with Crippen molar-refractivity contribution in [2.24, 2.45) is 0 Å². The van der Waals surface area contributed by atoms with Crippen LogP contribution >= 0.6 is 23.4 Å². The number of carbonyl (C=O) groups is 1. The molecule has 1 saturated heterocycles. The third-order valence-electron chi connectivity index (χ3n) is 4.77. The molecular weight excluding hydrogens is 366 g/mol. The van der Waals surface area contributed by atoms with Crippen LogP contribution in [-0.2, 0) is 0 Å². The topological polar surface area (TPSA) is 29.5 Å². The molecule has 0 aromatic heterocycles. The molecule has 3 nitrogen and oxygen atoms in total. The van der Waals surface area contributed by atoms with Gasteiger partial charge in [0.05, 0.1) is 10.6 Å². The van der Waals surface area contributed by atoms with Gasteiger partial charge in [0, 0.05) is 30.8 Å². The van der Waals surface area contributed by atoms with Crippen LogP contribution in [0.15, 0.2) is 41.3 Å². The Morgan fingerprint density at radius 1 is 1.15 bits per heavy atom. The van der Waals surface area contributed by atoms with Crippen molar-refractivity contribution in [3.63, 3.8) is 0 Å². The number of benzene rings is 2. The van der Waals surface area contributed by atoms with E-state index in [1.54, 1.807) is 17.8 Å². The van der Waals surface area contributed by atoms with E-state index in [2.05, 4.69) is 32.0 Å². The fraction of sp³-hybridized carbons (Fsp3) is 0.381. The highest BCUT2D eigenvalue weighted by atomic mass is 35.5. The second kappa shape index (κ2) is 8.36. The summed E-state index contributed by atoms with van der Waals surface area (Å²) in [5.41, 5.74) is 2.93. The molecule has 1 aliphatic rings. The van der Waals surface area contributed by atoms with E-state index in [0.29, 0.717) is 23.7 Å². The molecule has 138 valence electrons. The van der Waals surface area contributed by atoms with Gasteiger partial charge in [-0.2, -0.15) is 0 Å². The number of aryl methyl sites for hydroxylation is 2. The molecule has 1 fully saturated rings. The summed E-state index contributed by atoms with van der Waals surface area (Å²) in [5, 5.41) is 0.515. The van der Waals surface area contributed by atoms with Crippen LogP contribution in [0.25, 0.3) is 0 Å². The first-order chi connectivity index (χ1) is 12.5. The van der Waals surface area contributed by atoms with Gasteiger partial charge in [-0.25, -0.2) is 0 Å². The van der Waals surface area contributed by atoms with Gasteiger partial charge in [-0.3, -0.25) is 4.79 Å². The average Bonchev–Trinajstić information content (AvgIpc) is 2.65. The predicted molar refractivity (Wildman–Crippen MR) is 109 cm³/mol. The number of hydrogen-bond acceptors (Lipinski definition) is 3. The highest BCUT2D eigenvalue weighted by Gasteiger charge is 2.26. The van der Waals surface area contributed by atoms with Crippen molar-refractivity contribution >= 4 is 29.3 Å². The molecule has 0 N–H and O–H groups in total. The number of carbonyl (C=O) groups excluding carboxylic acids is 1. The highest BCUT2D eigenvalue weighted by molar-refractivity contribution is 7.98. The van der Waals surface area contributed by atoms with Gasteiger partial charge in [-0.15, -0.1) is 11.8 Å². The smallest absolute Gasteiger partial charge is 0.255 e. The van der Waals surface area contributed by atoms with Gasteiger partial charge in [-0.05, 0) is 55.5 Å². The minimum absolute atomic E-state index is 0.0103. The Kier molecular flexibility index (Phi) is 6.15. The van der Waals surface area contributed by atoms with E-state index < -0.39 is 0 Å². The van der Waals surface area contributed by atoms with E-state index in [4.69, 9.17) is 16.3 Å². The second-order valence-electron chi connectivity index (χ2n) is 6.72. The largest absolute Gasteiger partial charge is 0.490 e. The summed E-state index contributed by atoms with van der Waals surface area (Å²) in [7, 11) is 0. The first-order valence-corrected chi connectivity index (χ1v) is 10.4. The Hall–Kier alpha value is -1.65. The molecule has 0 saturated carbocycles. The molecule has 5 heteroatoms. The van der Waals surface area contributed by atoms with Crippen LogP contribution in [0.4, 0.5) is 0 Å². The maximum absolute atomic E-state index is 12.8. The Labute approximate surface area is 164 Å². The summed E-state index contributed by atoms with van der Waals surface area (Å²) < 4.78 is 6.19. The van der Waals surface area contributed by atoms with Gasteiger partial charge in [-0.1, -0.05) is 23.7 Å². The van der Waals surface area contributed by atoms with Crippen molar-refractivity contribution in [1.82, 2.24) is 4.90 Å². The molecule has 2 aromatic rings. The van der Waals surface area contributed by atoms with Gasteiger partial charge in [0.25, 0.3) is 5.91 Å². The Morgan fingerprint density at radius 3 is 2.58 bits per heavy atom. The molecule has 0 radical (unpaired) electrons. The molecule has 1 heterocycles. The monoisotopic (exact) mass is 389 g/mol.